The van der Waals surface area contributed by atoms with Gasteiger partial charge in [-0.1, -0.05) is 0 Å². The van der Waals surface area contributed by atoms with Crippen LogP contribution in [0.3, 0.4) is 0 Å². The van der Waals surface area contributed by atoms with Crippen molar-refractivity contribution in [3.8, 4) is 0 Å². The third kappa shape index (κ3) is 1.45. The normalized spacial score (nSPS) is 16.9. The standard InChI is InChI=1S/C9H13N7/c10-9-13-8-7(12-3-6-16(8)14-9)15-4-1-11-2-5-15/h3,6,11H,1-2,4-5H2,(H2,10,14). The molecule has 1 aliphatic heterocycles. The Labute approximate surface area is 92.3 Å². The maximum Gasteiger partial charge on any atom is 0.240 e. The van der Waals surface area contributed by atoms with E-state index in [2.05, 4.69) is 25.3 Å². The number of nitrogen functional groups attached to an aromatic ring is 1. The lowest BCUT2D eigenvalue weighted by molar-refractivity contribution is 0.585. The summed E-state index contributed by atoms with van der Waals surface area (Å²) < 4.78 is 1.67. The molecule has 3 N–H and O–H groups in total. The van der Waals surface area contributed by atoms with E-state index in [1.165, 1.54) is 0 Å². The van der Waals surface area contributed by atoms with Crippen LogP contribution in [0.2, 0.25) is 0 Å². The molecule has 3 rings (SSSR count). The molecule has 0 unspecified atom stereocenters. The highest BCUT2D eigenvalue weighted by atomic mass is 15.4. The number of anilines is 2. The monoisotopic (exact) mass is 219 g/mol. The summed E-state index contributed by atoms with van der Waals surface area (Å²) in [6.45, 7) is 3.79. The number of fused-ring (bicyclic) bond motifs is 1. The van der Waals surface area contributed by atoms with Gasteiger partial charge in [-0.2, -0.15) is 4.98 Å². The second-order valence-corrected chi connectivity index (χ2v) is 3.73. The van der Waals surface area contributed by atoms with Gasteiger partial charge in [-0.05, 0) is 0 Å². The summed E-state index contributed by atoms with van der Waals surface area (Å²) >= 11 is 0. The first kappa shape index (κ1) is 9.34. The fourth-order valence-electron chi connectivity index (χ4n) is 1.92. The molecule has 0 bridgehead atoms. The number of hydrogen-bond donors (Lipinski definition) is 2. The maximum atomic E-state index is 5.59. The predicted molar refractivity (Wildman–Crippen MR) is 60.3 cm³/mol. The lowest BCUT2D eigenvalue weighted by atomic mass is 10.3. The van der Waals surface area contributed by atoms with Crippen molar-refractivity contribution < 1.29 is 0 Å². The molecule has 1 fully saturated rings. The summed E-state index contributed by atoms with van der Waals surface area (Å²) in [7, 11) is 0. The van der Waals surface area contributed by atoms with Gasteiger partial charge in [0, 0.05) is 38.6 Å². The van der Waals surface area contributed by atoms with Crippen LogP contribution in [0.1, 0.15) is 0 Å². The zero-order valence-electron chi connectivity index (χ0n) is 8.80. The van der Waals surface area contributed by atoms with Crippen LogP contribution in [0, 0.1) is 0 Å². The molecule has 7 heteroatoms. The number of rotatable bonds is 1. The average Bonchev–Trinajstić information content (AvgIpc) is 2.70. The molecule has 3 heterocycles. The first-order valence-electron chi connectivity index (χ1n) is 5.27. The van der Waals surface area contributed by atoms with Crippen molar-refractivity contribution >= 4 is 17.4 Å². The smallest absolute Gasteiger partial charge is 0.240 e. The first-order valence-corrected chi connectivity index (χ1v) is 5.27. The summed E-state index contributed by atoms with van der Waals surface area (Å²) in [4.78, 5) is 10.8. The quantitative estimate of drug-likeness (QED) is 0.647. The minimum Gasteiger partial charge on any atom is -0.366 e. The van der Waals surface area contributed by atoms with Crippen LogP contribution >= 0.6 is 0 Å². The van der Waals surface area contributed by atoms with Gasteiger partial charge in [0.1, 0.15) is 0 Å². The highest BCUT2D eigenvalue weighted by Crippen LogP contribution is 2.17. The Morgan fingerprint density at radius 2 is 2.12 bits per heavy atom. The molecule has 1 aliphatic rings. The van der Waals surface area contributed by atoms with Crippen molar-refractivity contribution in [3.05, 3.63) is 12.4 Å². The lowest BCUT2D eigenvalue weighted by Crippen LogP contribution is -2.44. The van der Waals surface area contributed by atoms with Crippen LogP contribution in [0.25, 0.3) is 5.65 Å². The number of nitrogens with zero attached hydrogens (tertiary/aromatic N) is 5. The van der Waals surface area contributed by atoms with Gasteiger partial charge in [0.2, 0.25) is 5.95 Å². The Bertz CT molecular complexity index is 500. The third-order valence-electron chi connectivity index (χ3n) is 2.67. The largest absolute Gasteiger partial charge is 0.366 e. The van der Waals surface area contributed by atoms with Gasteiger partial charge in [-0.3, -0.25) is 0 Å². The van der Waals surface area contributed by atoms with Gasteiger partial charge in [0.15, 0.2) is 11.5 Å². The van der Waals surface area contributed by atoms with Gasteiger partial charge in [0.05, 0.1) is 0 Å². The molecule has 1 saturated heterocycles. The zero-order chi connectivity index (χ0) is 11.0. The van der Waals surface area contributed by atoms with Crippen molar-refractivity contribution in [2.24, 2.45) is 0 Å². The fourth-order valence-corrected chi connectivity index (χ4v) is 1.92. The van der Waals surface area contributed by atoms with Gasteiger partial charge in [-0.25, -0.2) is 9.50 Å². The molecule has 0 amide bonds. The highest BCUT2D eigenvalue weighted by Gasteiger charge is 2.16. The number of nitrogens with one attached hydrogen (secondary N) is 1. The van der Waals surface area contributed by atoms with Gasteiger partial charge >= 0.3 is 0 Å². The van der Waals surface area contributed by atoms with E-state index in [1.54, 1.807) is 16.9 Å². The molecule has 0 aliphatic carbocycles. The van der Waals surface area contributed by atoms with Crippen molar-refractivity contribution in [3.63, 3.8) is 0 Å². The molecule has 2 aromatic heterocycles. The number of hydrogen-bond acceptors (Lipinski definition) is 6. The van der Waals surface area contributed by atoms with Crippen molar-refractivity contribution in [1.29, 1.82) is 0 Å². The van der Waals surface area contributed by atoms with Crippen LogP contribution in [0.15, 0.2) is 12.4 Å². The van der Waals surface area contributed by atoms with E-state index in [0.717, 1.165) is 37.6 Å². The van der Waals surface area contributed by atoms with Crippen LogP contribution in [0.5, 0.6) is 0 Å². The Morgan fingerprint density at radius 3 is 2.94 bits per heavy atom. The van der Waals surface area contributed by atoms with E-state index in [4.69, 9.17) is 5.73 Å². The van der Waals surface area contributed by atoms with Gasteiger partial charge in [0.25, 0.3) is 0 Å². The summed E-state index contributed by atoms with van der Waals surface area (Å²) in [5.41, 5.74) is 6.31. The molecule has 84 valence electrons. The average molecular weight is 219 g/mol. The first-order chi connectivity index (χ1) is 7.84. The summed E-state index contributed by atoms with van der Waals surface area (Å²) in [5, 5.41) is 7.37. The third-order valence-corrected chi connectivity index (χ3v) is 2.67. The Kier molecular flexibility index (Phi) is 2.10. The van der Waals surface area contributed by atoms with Crippen molar-refractivity contribution in [2.75, 3.05) is 36.8 Å². The van der Waals surface area contributed by atoms with E-state index >= 15 is 0 Å². The van der Waals surface area contributed by atoms with E-state index in [-0.39, 0.29) is 5.95 Å². The van der Waals surface area contributed by atoms with Crippen molar-refractivity contribution in [1.82, 2.24) is 24.9 Å². The molecule has 0 spiro atoms. The molecule has 0 aromatic carbocycles. The summed E-state index contributed by atoms with van der Waals surface area (Å²) in [6.07, 6.45) is 3.48. The maximum absolute atomic E-state index is 5.59. The molecular weight excluding hydrogens is 206 g/mol. The van der Waals surface area contributed by atoms with Crippen LogP contribution in [0.4, 0.5) is 11.8 Å². The van der Waals surface area contributed by atoms with Crippen LogP contribution < -0.4 is 16.0 Å². The number of nitrogens with two attached hydrogens (primary N) is 1. The minimum atomic E-state index is 0.282. The van der Waals surface area contributed by atoms with E-state index < -0.39 is 0 Å². The van der Waals surface area contributed by atoms with Crippen molar-refractivity contribution in [2.45, 2.75) is 0 Å². The highest BCUT2D eigenvalue weighted by molar-refractivity contribution is 5.65. The Hall–Kier alpha value is -1.89. The topological polar surface area (TPSA) is 84.4 Å². The Balaban J connectivity index is 2.07. The van der Waals surface area contributed by atoms with Crippen LogP contribution in [-0.4, -0.2) is 45.8 Å². The van der Waals surface area contributed by atoms with Crippen LogP contribution in [-0.2, 0) is 0 Å². The van der Waals surface area contributed by atoms with E-state index in [9.17, 15) is 0 Å². The molecular formula is C9H13N7. The zero-order valence-corrected chi connectivity index (χ0v) is 8.80. The van der Waals surface area contributed by atoms with E-state index in [1.807, 2.05) is 0 Å². The molecule has 0 atom stereocenters. The number of aromatic nitrogens is 4. The van der Waals surface area contributed by atoms with Gasteiger partial charge < -0.3 is 16.0 Å². The fraction of sp³-hybridized carbons (Fsp3) is 0.444. The Morgan fingerprint density at radius 1 is 1.31 bits per heavy atom. The molecule has 7 nitrogen and oxygen atoms in total. The predicted octanol–water partition coefficient (Wildman–Crippen LogP) is -0.884. The minimum absolute atomic E-state index is 0.282. The molecule has 2 aromatic rings. The van der Waals surface area contributed by atoms with Gasteiger partial charge in [-0.15, -0.1) is 5.10 Å². The number of piperazine rings is 1. The molecule has 16 heavy (non-hydrogen) atoms. The second kappa shape index (κ2) is 3.60. The second-order valence-electron chi connectivity index (χ2n) is 3.73. The van der Waals surface area contributed by atoms with E-state index in [0.29, 0.717) is 0 Å². The molecule has 0 radical (unpaired) electrons. The SMILES string of the molecule is Nc1nc2c(N3CCNCC3)nccn2n1. The summed E-state index contributed by atoms with van der Waals surface area (Å²) in [6, 6.07) is 0. The lowest BCUT2D eigenvalue weighted by Gasteiger charge is -2.28. The molecule has 0 saturated carbocycles. The summed E-state index contributed by atoms with van der Waals surface area (Å²) in [5.74, 6) is 1.14.